The predicted molar refractivity (Wildman–Crippen MR) is 74.4 cm³/mol. The maximum absolute atomic E-state index is 11.2. The first kappa shape index (κ1) is 13.4. The summed E-state index contributed by atoms with van der Waals surface area (Å²) >= 11 is 0. The van der Waals surface area contributed by atoms with Crippen LogP contribution in [0.2, 0.25) is 0 Å². The molecule has 2 heterocycles. The largest absolute Gasteiger partial charge is 0.465 e. The van der Waals surface area contributed by atoms with E-state index in [0.29, 0.717) is 13.0 Å². The second-order valence-corrected chi connectivity index (χ2v) is 5.69. The van der Waals surface area contributed by atoms with Crippen LogP contribution in [0.1, 0.15) is 24.8 Å². The van der Waals surface area contributed by atoms with Crippen LogP contribution in [0.15, 0.2) is 30.3 Å². The molecular weight excluding hydrogens is 256 g/mol. The van der Waals surface area contributed by atoms with Crippen LogP contribution >= 0.6 is 0 Å². The Morgan fingerprint density at radius 2 is 2.05 bits per heavy atom. The number of hydrogen-bond donors (Lipinski definition) is 3. The summed E-state index contributed by atoms with van der Waals surface area (Å²) in [5.74, 6) is 0. The van der Waals surface area contributed by atoms with E-state index < -0.39 is 12.2 Å². The first-order chi connectivity index (χ1) is 9.66. The van der Waals surface area contributed by atoms with Crippen molar-refractivity contribution in [1.29, 1.82) is 0 Å². The fourth-order valence-electron chi connectivity index (χ4n) is 3.53. The molecule has 2 bridgehead atoms. The summed E-state index contributed by atoms with van der Waals surface area (Å²) in [5.41, 5.74) is 1.17. The molecule has 4 unspecified atom stereocenters. The van der Waals surface area contributed by atoms with Crippen molar-refractivity contribution in [2.24, 2.45) is 0 Å². The van der Waals surface area contributed by atoms with Crippen LogP contribution in [0.4, 0.5) is 4.79 Å². The predicted octanol–water partition coefficient (Wildman–Crippen LogP) is 1.42. The van der Waals surface area contributed by atoms with Crippen LogP contribution in [0.3, 0.4) is 0 Å². The minimum Gasteiger partial charge on any atom is -0.465 e. The molecule has 0 aromatic heterocycles. The Kier molecular flexibility index (Phi) is 3.63. The molecule has 3 rings (SSSR count). The normalized spacial score (nSPS) is 32.4. The Balaban J connectivity index is 1.64. The quantitative estimate of drug-likeness (QED) is 0.780. The van der Waals surface area contributed by atoms with E-state index in [1.54, 1.807) is 0 Å². The summed E-state index contributed by atoms with van der Waals surface area (Å²) in [6.45, 7) is 0.703. The number of benzene rings is 1. The van der Waals surface area contributed by atoms with Gasteiger partial charge in [-0.3, -0.25) is 4.90 Å². The number of fused-ring (bicyclic) bond motifs is 2. The molecule has 2 aliphatic rings. The van der Waals surface area contributed by atoms with Gasteiger partial charge in [0.2, 0.25) is 0 Å². The molecule has 0 spiro atoms. The average Bonchev–Trinajstić information content (AvgIpc) is 2.80. The van der Waals surface area contributed by atoms with E-state index >= 15 is 0 Å². The van der Waals surface area contributed by atoms with Gasteiger partial charge in [-0.25, -0.2) is 4.79 Å². The molecule has 2 fully saturated rings. The number of carboxylic acid groups (broad SMARTS) is 1. The molecule has 5 heteroatoms. The van der Waals surface area contributed by atoms with E-state index in [4.69, 9.17) is 0 Å². The molecule has 4 atom stereocenters. The van der Waals surface area contributed by atoms with Gasteiger partial charge >= 0.3 is 6.09 Å². The molecule has 3 N–H and O–H groups in total. The standard InChI is InChI=1S/C15H20N2O3/c18-14-12(16-9-10-4-2-1-3-5-10)8-11-6-7-13(14)17(11)15(19)20/h1-5,11-14,16,18H,6-9H2,(H,19,20). The summed E-state index contributed by atoms with van der Waals surface area (Å²) < 4.78 is 0. The van der Waals surface area contributed by atoms with Crippen molar-refractivity contribution in [3.05, 3.63) is 35.9 Å². The van der Waals surface area contributed by atoms with Gasteiger partial charge in [-0.05, 0) is 24.8 Å². The number of carbonyl (C=O) groups is 1. The van der Waals surface area contributed by atoms with Gasteiger partial charge in [-0.15, -0.1) is 0 Å². The number of piperidine rings is 1. The Morgan fingerprint density at radius 3 is 2.75 bits per heavy atom. The molecular formula is C15H20N2O3. The second-order valence-electron chi connectivity index (χ2n) is 5.69. The van der Waals surface area contributed by atoms with Gasteiger partial charge < -0.3 is 15.5 Å². The van der Waals surface area contributed by atoms with E-state index in [0.717, 1.165) is 12.8 Å². The third kappa shape index (κ3) is 2.39. The zero-order chi connectivity index (χ0) is 14.1. The highest BCUT2D eigenvalue weighted by atomic mass is 16.4. The molecule has 0 saturated carbocycles. The summed E-state index contributed by atoms with van der Waals surface area (Å²) in [7, 11) is 0. The summed E-state index contributed by atoms with van der Waals surface area (Å²) in [5, 5.41) is 23.0. The van der Waals surface area contributed by atoms with Crippen LogP contribution in [-0.4, -0.2) is 45.4 Å². The van der Waals surface area contributed by atoms with E-state index in [2.05, 4.69) is 5.32 Å². The number of hydrogen-bond acceptors (Lipinski definition) is 3. The van der Waals surface area contributed by atoms with Crippen LogP contribution < -0.4 is 5.32 Å². The smallest absolute Gasteiger partial charge is 0.407 e. The molecule has 1 aromatic rings. The van der Waals surface area contributed by atoms with Crippen molar-refractivity contribution in [2.75, 3.05) is 0 Å². The Labute approximate surface area is 118 Å². The monoisotopic (exact) mass is 276 g/mol. The highest BCUT2D eigenvalue weighted by Gasteiger charge is 2.48. The SMILES string of the molecule is O=C(O)N1C2CCC1C(O)C(NCc1ccccc1)C2. The highest BCUT2D eigenvalue weighted by Crippen LogP contribution is 2.36. The third-order valence-corrected chi connectivity index (χ3v) is 4.51. The molecule has 0 radical (unpaired) electrons. The van der Waals surface area contributed by atoms with Crippen molar-refractivity contribution in [3.8, 4) is 0 Å². The molecule has 20 heavy (non-hydrogen) atoms. The molecule has 0 aliphatic carbocycles. The lowest BCUT2D eigenvalue weighted by atomic mass is 9.94. The molecule has 5 nitrogen and oxygen atoms in total. The maximum Gasteiger partial charge on any atom is 0.407 e. The number of aliphatic hydroxyl groups excluding tert-OH is 1. The fourth-order valence-corrected chi connectivity index (χ4v) is 3.53. The van der Waals surface area contributed by atoms with Crippen molar-refractivity contribution in [1.82, 2.24) is 10.2 Å². The minimum absolute atomic E-state index is 0.0247. The minimum atomic E-state index is -0.905. The number of nitrogens with zero attached hydrogens (tertiary/aromatic N) is 1. The third-order valence-electron chi connectivity index (χ3n) is 4.51. The topological polar surface area (TPSA) is 72.8 Å². The van der Waals surface area contributed by atoms with Gasteiger partial charge in [0, 0.05) is 18.6 Å². The van der Waals surface area contributed by atoms with Gasteiger partial charge in [0.15, 0.2) is 0 Å². The number of nitrogens with one attached hydrogen (secondary N) is 1. The van der Waals surface area contributed by atoms with Gasteiger partial charge in [0.05, 0.1) is 12.1 Å². The summed E-state index contributed by atoms with van der Waals surface area (Å²) in [6, 6.07) is 9.82. The number of aliphatic hydroxyl groups is 1. The molecule has 108 valence electrons. The van der Waals surface area contributed by atoms with Crippen molar-refractivity contribution >= 4 is 6.09 Å². The molecule has 2 saturated heterocycles. The lowest BCUT2D eigenvalue weighted by Gasteiger charge is -2.41. The van der Waals surface area contributed by atoms with E-state index in [1.807, 2.05) is 30.3 Å². The van der Waals surface area contributed by atoms with Gasteiger partial charge in [0.25, 0.3) is 0 Å². The Bertz CT molecular complexity index is 479. The van der Waals surface area contributed by atoms with Crippen LogP contribution in [0.5, 0.6) is 0 Å². The van der Waals surface area contributed by atoms with Crippen molar-refractivity contribution in [2.45, 2.75) is 50.0 Å². The lowest BCUT2D eigenvalue weighted by Crippen LogP contribution is -2.59. The molecule has 1 amide bonds. The molecule has 2 aliphatic heterocycles. The highest BCUT2D eigenvalue weighted by molar-refractivity contribution is 5.66. The van der Waals surface area contributed by atoms with E-state index in [9.17, 15) is 15.0 Å². The zero-order valence-electron chi connectivity index (χ0n) is 11.3. The van der Waals surface area contributed by atoms with Crippen molar-refractivity contribution in [3.63, 3.8) is 0 Å². The summed E-state index contributed by atoms with van der Waals surface area (Å²) in [4.78, 5) is 12.7. The van der Waals surface area contributed by atoms with Gasteiger partial charge in [-0.1, -0.05) is 30.3 Å². The average molecular weight is 276 g/mol. The molecule has 1 aromatic carbocycles. The van der Waals surface area contributed by atoms with E-state index in [-0.39, 0.29) is 18.1 Å². The van der Waals surface area contributed by atoms with Crippen molar-refractivity contribution < 1.29 is 15.0 Å². The first-order valence-electron chi connectivity index (χ1n) is 7.13. The fraction of sp³-hybridized carbons (Fsp3) is 0.533. The van der Waals surface area contributed by atoms with Crippen LogP contribution in [-0.2, 0) is 6.54 Å². The maximum atomic E-state index is 11.2. The zero-order valence-corrected chi connectivity index (χ0v) is 11.3. The number of rotatable bonds is 3. The number of amides is 1. The second kappa shape index (κ2) is 5.42. The Morgan fingerprint density at radius 1 is 1.30 bits per heavy atom. The first-order valence-corrected chi connectivity index (χ1v) is 7.13. The Hall–Kier alpha value is -1.59. The van der Waals surface area contributed by atoms with Gasteiger partial charge in [-0.2, -0.15) is 0 Å². The summed E-state index contributed by atoms with van der Waals surface area (Å²) in [6.07, 6.45) is 0.794. The van der Waals surface area contributed by atoms with Gasteiger partial charge in [0.1, 0.15) is 0 Å². The van der Waals surface area contributed by atoms with Crippen LogP contribution in [0, 0.1) is 0 Å². The lowest BCUT2D eigenvalue weighted by molar-refractivity contribution is -0.00382. The van der Waals surface area contributed by atoms with Crippen LogP contribution in [0.25, 0.3) is 0 Å². The van der Waals surface area contributed by atoms with E-state index in [1.165, 1.54) is 10.5 Å².